The first-order valence-corrected chi connectivity index (χ1v) is 16.6. The van der Waals surface area contributed by atoms with Crippen LogP contribution in [0, 0.1) is 0 Å². The second-order valence-electron chi connectivity index (χ2n) is 11.8. The molecular weight excluding hydrogens is 502 g/mol. The third-order valence-electron chi connectivity index (χ3n) is 8.19. The number of unbranched alkanes of at least 4 members (excludes halogenated alkanes) is 14. The molecule has 2 heterocycles. The molecule has 4 heteroatoms. The summed E-state index contributed by atoms with van der Waals surface area (Å²) in [4.78, 5) is 14.1. The molecule has 2 aromatic carbocycles. The largest absolute Gasteiger partial charge is 0.436 e. The van der Waals surface area contributed by atoms with Gasteiger partial charge in [-0.3, -0.25) is 0 Å². The fraction of sp³-hybridized carbons (Fsp3) is 0.541. The SMILES string of the molecule is CCCCCCCCCCCCc1cnc(-c2ccc3oc(-c4ccc(CCCCCCCC)cc4)nc3c2)nc1. The number of aromatic nitrogens is 3. The second-order valence-corrected chi connectivity index (χ2v) is 11.8. The maximum Gasteiger partial charge on any atom is 0.227 e. The Hall–Kier alpha value is -3.01. The number of nitrogens with zero attached hydrogens (tertiary/aromatic N) is 3. The standard InChI is InChI=1S/C37H51N3O/c1-3-5-7-9-11-12-13-14-16-18-20-31-28-38-36(39-29-31)33-25-26-35-34(27-33)40-37(41-35)32-23-21-30(22-24-32)19-17-15-10-8-6-4-2/h21-29H,3-20H2,1-2H3. The van der Waals surface area contributed by atoms with Crippen molar-refractivity contribution in [1.82, 2.24) is 15.0 Å². The highest BCUT2D eigenvalue weighted by atomic mass is 16.3. The van der Waals surface area contributed by atoms with Gasteiger partial charge in [0.05, 0.1) is 0 Å². The van der Waals surface area contributed by atoms with E-state index in [1.54, 1.807) is 0 Å². The Morgan fingerprint density at radius 2 is 1.05 bits per heavy atom. The van der Waals surface area contributed by atoms with E-state index in [0.29, 0.717) is 5.89 Å². The van der Waals surface area contributed by atoms with Crippen LogP contribution in [0.15, 0.2) is 59.3 Å². The van der Waals surface area contributed by atoms with Gasteiger partial charge in [0.15, 0.2) is 11.4 Å². The molecule has 0 fully saturated rings. The third kappa shape index (κ3) is 10.4. The molecule has 0 aliphatic heterocycles. The Kier molecular flexibility index (Phi) is 13.4. The lowest BCUT2D eigenvalue weighted by molar-refractivity contribution is 0.556. The van der Waals surface area contributed by atoms with Gasteiger partial charge < -0.3 is 4.42 Å². The van der Waals surface area contributed by atoms with E-state index in [2.05, 4.69) is 48.1 Å². The van der Waals surface area contributed by atoms with E-state index < -0.39 is 0 Å². The van der Waals surface area contributed by atoms with Crippen LogP contribution in [0.5, 0.6) is 0 Å². The summed E-state index contributed by atoms with van der Waals surface area (Å²) in [6.45, 7) is 4.55. The summed E-state index contributed by atoms with van der Waals surface area (Å²) >= 11 is 0. The maximum atomic E-state index is 6.09. The molecule has 0 aliphatic carbocycles. The van der Waals surface area contributed by atoms with Crippen LogP contribution >= 0.6 is 0 Å². The van der Waals surface area contributed by atoms with Crippen molar-refractivity contribution in [3.8, 4) is 22.8 Å². The molecule has 0 saturated carbocycles. The summed E-state index contributed by atoms with van der Waals surface area (Å²) in [5.74, 6) is 1.40. The zero-order valence-electron chi connectivity index (χ0n) is 25.7. The van der Waals surface area contributed by atoms with Crippen molar-refractivity contribution >= 4 is 11.1 Å². The number of fused-ring (bicyclic) bond motifs is 1. The first-order chi connectivity index (χ1) is 20.3. The first-order valence-electron chi connectivity index (χ1n) is 16.6. The number of aryl methyl sites for hydroxylation is 2. The Morgan fingerprint density at radius 3 is 1.63 bits per heavy atom. The lowest BCUT2D eigenvalue weighted by atomic mass is 10.0. The molecule has 0 spiro atoms. The average molecular weight is 554 g/mol. The van der Waals surface area contributed by atoms with E-state index in [4.69, 9.17) is 9.40 Å². The van der Waals surface area contributed by atoms with Crippen LogP contribution in [-0.4, -0.2) is 15.0 Å². The van der Waals surface area contributed by atoms with Crippen LogP contribution in [-0.2, 0) is 12.8 Å². The quantitative estimate of drug-likeness (QED) is 0.102. The van der Waals surface area contributed by atoms with Crippen LogP contribution in [0.4, 0.5) is 0 Å². The molecule has 0 aliphatic rings. The van der Waals surface area contributed by atoms with Crippen molar-refractivity contribution in [1.29, 1.82) is 0 Å². The predicted molar refractivity (Wildman–Crippen MR) is 173 cm³/mol. The smallest absolute Gasteiger partial charge is 0.227 e. The molecule has 4 rings (SSSR count). The molecule has 41 heavy (non-hydrogen) atoms. The van der Waals surface area contributed by atoms with Crippen molar-refractivity contribution < 1.29 is 4.42 Å². The Morgan fingerprint density at radius 1 is 0.537 bits per heavy atom. The molecule has 220 valence electrons. The average Bonchev–Trinajstić information content (AvgIpc) is 3.44. The number of hydrogen-bond donors (Lipinski definition) is 0. The summed E-state index contributed by atoms with van der Waals surface area (Å²) in [6, 6.07) is 14.7. The Labute approximate surface area is 248 Å². The van der Waals surface area contributed by atoms with Gasteiger partial charge in [0.1, 0.15) is 5.52 Å². The molecule has 0 amide bonds. The van der Waals surface area contributed by atoms with Gasteiger partial charge in [-0.15, -0.1) is 0 Å². The third-order valence-corrected chi connectivity index (χ3v) is 8.19. The van der Waals surface area contributed by atoms with Gasteiger partial charge in [-0.25, -0.2) is 15.0 Å². The maximum absolute atomic E-state index is 6.09. The Balaban J connectivity index is 1.23. The highest BCUT2D eigenvalue weighted by molar-refractivity contribution is 5.81. The molecule has 0 bridgehead atoms. The lowest BCUT2D eigenvalue weighted by Crippen LogP contribution is -1.93. The summed E-state index contributed by atoms with van der Waals surface area (Å²) < 4.78 is 6.09. The van der Waals surface area contributed by atoms with Crippen molar-refractivity contribution in [3.63, 3.8) is 0 Å². The van der Waals surface area contributed by atoms with E-state index in [0.717, 1.165) is 40.9 Å². The zero-order valence-corrected chi connectivity index (χ0v) is 25.7. The summed E-state index contributed by atoms with van der Waals surface area (Å²) in [7, 11) is 0. The molecular formula is C37H51N3O. The minimum absolute atomic E-state index is 0.663. The number of hydrogen-bond acceptors (Lipinski definition) is 4. The van der Waals surface area contributed by atoms with Gasteiger partial charge in [-0.2, -0.15) is 0 Å². The van der Waals surface area contributed by atoms with Gasteiger partial charge in [-0.05, 0) is 67.1 Å². The molecule has 0 saturated heterocycles. The molecule has 4 aromatic rings. The van der Waals surface area contributed by atoms with Gasteiger partial charge in [-0.1, -0.05) is 116 Å². The van der Waals surface area contributed by atoms with Gasteiger partial charge >= 0.3 is 0 Å². The molecule has 4 nitrogen and oxygen atoms in total. The molecule has 0 atom stereocenters. The Bertz CT molecular complexity index is 1260. The van der Waals surface area contributed by atoms with Crippen LogP contribution in [0.2, 0.25) is 0 Å². The summed E-state index contributed by atoms with van der Waals surface area (Å²) in [5, 5.41) is 0. The van der Waals surface area contributed by atoms with Gasteiger partial charge in [0.25, 0.3) is 0 Å². The van der Waals surface area contributed by atoms with Crippen LogP contribution in [0.3, 0.4) is 0 Å². The normalized spacial score (nSPS) is 11.5. The summed E-state index contributed by atoms with van der Waals surface area (Å²) in [5.41, 5.74) is 6.22. The highest BCUT2D eigenvalue weighted by Crippen LogP contribution is 2.28. The van der Waals surface area contributed by atoms with Crippen molar-refractivity contribution in [3.05, 3.63) is 66.0 Å². The van der Waals surface area contributed by atoms with Crippen LogP contribution in [0.1, 0.15) is 128 Å². The van der Waals surface area contributed by atoms with E-state index in [1.165, 1.54) is 114 Å². The van der Waals surface area contributed by atoms with E-state index in [9.17, 15) is 0 Å². The monoisotopic (exact) mass is 553 g/mol. The highest BCUT2D eigenvalue weighted by Gasteiger charge is 2.11. The second kappa shape index (κ2) is 17.7. The van der Waals surface area contributed by atoms with Crippen molar-refractivity contribution in [2.45, 2.75) is 129 Å². The molecule has 0 radical (unpaired) electrons. The number of oxazole rings is 1. The zero-order chi connectivity index (χ0) is 28.5. The van der Waals surface area contributed by atoms with E-state index in [-0.39, 0.29) is 0 Å². The molecule has 0 N–H and O–H groups in total. The van der Waals surface area contributed by atoms with Crippen molar-refractivity contribution in [2.24, 2.45) is 0 Å². The number of rotatable bonds is 20. The fourth-order valence-corrected chi connectivity index (χ4v) is 5.56. The minimum Gasteiger partial charge on any atom is -0.436 e. The van der Waals surface area contributed by atoms with Gasteiger partial charge in [0.2, 0.25) is 5.89 Å². The number of benzene rings is 2. The van der Waals surface area contributed by atoms with Crippen LogP contribution in [0.25, 0.3) is 33.9 Å². The molecule has 2 aromatic heterocycles. The van der Waals surface area contributed by atoms with E-state index >= 15 is 0 Å². The van der Waals surface area contributed by atoms with Crippen molar-refractivity contribution in [2.75, 3.05) is 0 Å². The van der Waals surface area contributed by atoms with Gasteiger partial charge in [0, 0.05) is 23.5 Å². The van der Waals surface area contributed by atoms with E-state index in [1.807, 2.05) is 30.6 Å². The molecule has 0 unspecified atom stereocenters. The topological polar surface area (TPSA) is 51.8 Å². The first kappa shape index (κ1) is 30.9. The minimum atomic E-state index is 0.663. The summed E-state index contributed by atoms with van der Waals surface area (Å²) in [6.07, 6.45) is 27.7. The fourth-order valence-electron chi connectivity index (χ4n) is 5.56. The predicted octanol–water partition coefficient (Wildman–Crippen LogP) is 11.3. The van der Waals surface area contributed by atoms with Crippen LogP contribution < -0.4 is 0 Å². The lowest BCUT2D eigenvalue weighted by Gasteiger charge is -2.04.